The highest BCUT2D eigenvalue weighted by molar-refractivity contribution is 5.21. The van der Waals surface area contributed by atoms with Crippen LogP contribution in [0.3, 0.4) is 0 Å². The molecule has 1 aliphatic heterocycles. The Morgan fingerprint density at radius 2 is 1.78 bits per heavy atom. The lowest BCUT2D eigenvalue weighted by atomic mass is 9.89. The third kappa shape index (κ3) is 0.673. The first-order chi connectivity index (χ1) is 4.33. The molecule has 1 nitrogen and oxygen atoms in total. The van der Waals surface area contributed by atoms with Crippen LogP contribution in [0.2, 0.25) is 0 Å². The van der Waals surface area contributed by atoms with Crippen molar-refractivity contribution in [3.63, 3.8) is 0 Å². The van der Waals surface area contributed by atoms with Crippen LogP contribution in [0.25, 0.3) is 0 Å². The standard InChI is InChI=1S/C8H12O/c1-7-8(9-7)5-3-2-4-6-8/h1-6H2. The number of rotatable bonds is 0. The van der Waals surface area contributed by atoms with Gasteiger partial charge in [-0.05, 0) is 25.7 Å². The molecule has 0 aromatic carbocycles. The fraction of sp³-hybridized carbons (Fsp3) is 0.750. The van der Waals surface area contributed by atoms with Crippen LogP contribution in [0.5, 0.6) is 0 Å². The molecule has 1 saturated carbocycles. The molecule has 0 aromatic rings. The molecule has 9 heavy (non-hydrogen) atoms. The SMILES string of the molecule is C=C1OC12CCCCC2. The molecule has 2 rings (SSSR count). The first-order valence-electron chi connectivity index (χ1n) is 3.72. The van der Waals surface area contributed by atoms with Crippen molar-refractivity contribution in [3.8, 4) is 0 Å². The summed E-state index contributed by atoms with van der Waals surface area (Å²) >= 11 is 0. The van der Waals surface area contributed by atoms with E-state index in [1.807, 2.05) is 0 Å². The van der Waals surface area contributed by atoms with Crippen molar-refractivity contribution in [1.29, 1.82) is 0 Å². The van der Waals surface area contributed by atoms with E-state index in [-0.39, 0.29) is 5.60 Å². The number of hydrogen-bond donors (Lipinski definition) is 0. The second kappa shape index (κ2) is 1.53. The molecule has 0 unspecified atom stereocenters. The molecule has 2 aliphatic rings. The average Bonchev–Trinajstić information content (AvgIpc) is 2.44. The lowest BCUT2D eigenvalue weighted by molar-refractivity contribution is 0.239. The minimum atomic E-state index is 0.193. The van der Waals surface area contributed by atoms with Crippen LogP contribution < -0.4 is 0 Å². The molecule has 0 aromatic heterocycles. The summed E-state index contributed by atoms with van der Waals surface area (Å²) in [5.74, 6) is 1.04. The smallest absolute Gasteiger partial charge is 0.165 e. The van der Waals surface area contributed by atoms with Crippen molar-refractivity contribution in [1.82, 2.24) is 0 Å². The van der Waals surface area contributed by atoms with Crippen molar-refractivity contribution in [2.45, 2.75) is 37.7 Å². The Bertz CT molecular complexity index is 143. The van der Waals surface area contributed by atoms with Gasteiger partial charge < -0.3 is 4.74 Å². The second-order valence-corrected chi connectivity index (χ2v) is 3.08. The van der Waals surface area contributed by atoms with Gasteiger partial charge in [0.05, 0.1) is 0 Å². The van der Waals surface area contributed by atoms with Crippen LogP contribution in [0.4, 0.5) is 0 Å². The normalized spacial score (nSPS) is 30.0. The van der Waals surface area contributed by atoms with Gasteiger partial charge in [-0.2, -0.15) is 0 Å². The van der Waals surface area contributed by atoms with E-state index in [1.165, 1.54) is 32.1 Å². The van der Waals surface area contributed by atoms with E-state index in [0.29, 0.717) is 0 Å². The van der Waals surface area contributed by atoms with Gasteiger partial charge in [-0.1, -0.05) is 13.0 Å². The monoisotopic (exact) mass is 124 g/mol. The van der Waals surface area contributed by atoms with Gasteiger partial charge in [0.1, 0.15) is 5.76 Å². The van der Waals surface area contributed by atoms with Crippen molar-refractivity contribution in [2.75, 3.05) is 0 Å². The molecular weight excluding hydrogens is 112 g/mol. The molecule has 1 saturated heterocycles. The van der Waals surface area contributed by atoms with Crippen molar-refractivity contribution in [2.24, 2.45) is 0 Å². The summed E-state index contributed by atoms with van der Waals surface area (Å²) in [5.41, 5.74) is 0.193. The van der Waals surface area contributed by atoms with Crippen molar-refractivity contribution >= 4 is 0 Å². The maximum absolute atomic E-state index is 5.35. The van der Waals surface area contributed by atoms with E-state index in [9.17, 15) is 0 Å². The first kappa shape index (κ1) is 5.33. The summed E-state index contributed by atoms with van der Waals surface area (Å²) < 4.78 is 5.35. The average molecular weight is 124 g/mol. The summed E-state index contributed by atoms with van der Waals surface area (Å²) in [5, 5.41) is 0. The zero-order valence-corrected chi connectivity index (χ0v) is 5.65. The third-order valence-corrected chi connectivity index (χ3v) is 2.45. The molecule has 1 aliphatic carbocycles. The summed E-state index contributed by atoms with van der Waals surface area (Å²) in [7, 11) is 0. The summed E-state index contributed by atoms with van der Waals surface area (Å²) in [6, 6.07) is 0. The quantitative estimate of drug-likeness (QED) is 0.451. The lowest BCUT2D eigenvalue weighted by Crippen LogP contribution is -2.13. The van der Waals surface area contributed by atoms with Gasteiger partial charge in [0.15, 0.2) is 5.60 Å². The number of ether oxygens (including phenoxy) is 1. The van der Waals surface area contributed by atoms with E-state index < -0.39 is 0 Å². The Hall–Kier alpha value is -0.460. The summed E-state index contributed by atoms with van der Waals surface area (Å²) in [6.07, 6.45) is 6.51. The maximum Gasteiger partial charge on any atom is 0.165 e. The summed E-state index contributed by atoms with van der Waals surface area (Å²) in [4.78, 5) is 0. The largest absolute Gasteiger partial charge is 0.480 e. The molecule has 1 heteroatoms. The minimum Gasteiger partial charge on any atom is -0.480 e. The highest BCUT2D eigenvalue weighted by Crippen LogP contribution is 2.50. The van der Waals surface area contributed by atoms with E-state index in [0.717, 1.165) is 5.76 Å². The predicted molar refractivity (Wildman–Crippen MR) is 36.0 cm³/mol. The number of hydrogen-bond acceptors (Lipinski definition) is 1. The van der Waals surface area contributed by atoms with Crippen LogP contribution in [-0.4, -0.2) is 5.60 Å². The lowest BCUT2D eigenvalue weighted by Gasteiger charge is -2.14. The molecule has 50 valence electrons. The predicted octanol–water partition coefficient (Wildman–Crippen LogP) is 2.23. The molecular formula is C8H12O. The number of epoxide rings is 1. The molecule has 1 heterocycles. The van der Waals surface area contributed by atoms with Gasteiger partial charge >= 0.3 is 0 Å². The van der Waals surface area contributed by atoms with Crippen molar-refractivity contribution in [3.05, 3.63) is 12.3 Å². The van der Waals surface area contributed by atoms with Gasteiger partial charge in [0, 0.05) is 0 Å². The Morgan fingerprint density at radius 3 is 2.11 bits per heavy atom. The Balaban J connectivity index is 2.04. The van der Waals surface area contributed by atoms with E-state index in [2.05, 4.69) is 6.58 Å². The second-order valence-electron chi connectivity index (χ2n) is 3.08. The zero-order valence-electron chi connectivity index (χ0n) is 5.65. The van der Waals surface area contributed by atoms with Crippen LogP contribution in [0.1, 0.15) is 32.1 Å². The maximum atomic E-state index is 5.35. The Kier molecular flexibility index (Phi) is 0.904. The highest BCUT2D eigenvalue weighted by Gasteiger charge is 2.50. The molecule has 2 fully saturated rings. The molecule has 1 spiro atoms. The van der Waals surface area contributed by atoms with Crippen LogP contribution in [0.15, 0.2) is 12.3 Å². The molecule has 0 amide bonds. The highest BCUT2D eigenvalue weighted by atomic mass is 16.6. The van der Waals surface area contributed by atoms with Gasteiger partial charge in [0.2, 0.25) is 0 Å². The van der Waals surface area contributed by atoms with Gasteiger partial charge in [-0.15, -0.1) is 0 Å². The van der Waals surface area contributed by atoms with E-state index in [4.69, 9.17) is 4.74 Å². The zero-order chi connectivity index (χ0) is 6.32. The van der Waals surface area contributed by atoms with Gasteiger partial charge in [-0.25, -0.2) is 0 Å². The molecule has 0 atom stereocenters. The van der Waals surface area contributed by atoms with E-state index >= 15 is 0 Å². The van der Waals surface area contributed by atoms with Crippen LogP contribution in [-0.2, 0) is 4.74 Å². The molecule has 0 radical (unpaired) electrons. The Morgan fingerprint density at radius 1 is 1.22 bits per heavy atom. The van der Waals surface area contributed by atoms with Crippen LogP contribution >= 0.6 is 0 Å². The fourth-order valence-corrected chi connectivity index (χ4v) is 1.71. The minimum absolute atomic E-state index is 0.193. The summed E-state index contributed by atoms with van der Waals surface area (Å²) in [6.45, 7) is 3.82. The molecule has 0 bridgehead atoms. The van der Waals surface area contributed by atoms with Gasteiger partial charge in [0.25, 0.3) is 0 Å². The van der Waals surface area contributed by atoms with Crippen LogP contribution in [0, 0.1) is 0 Å². The third-order valence-electron chi connectivity index (χ3n) is 2.45. The van der Waals surface area contributed by atoms with Gasteiger partial charge in [-0.3, -0.25) is 0 Å². The first-order valence-corrected chi connectivity index (χ1v) is 3.72. The van der Waals surface area contributed by atoms with E-state index in [1.54, 1.807) is 0 Å². The fourth-order valence-electron chi connectivity index (χ4n) is 1.71. The Labute approximate surface area is 55.7 Å². The van der Waals surface area contributed by atoms with Crippen molar-refractivity contribution < 1.29 is 4.74 Å². The topological polar surface area (TPSA) is 12.5 Å². The molecule has 0 N–H and O–H groups in total.